The van der Waals surface area contributed by atoms with E-state index in [0.717, 1.165) is 12.4 Å². The molecule has 0 aliphatic rings. The molecule has 30 heavy (non-hydrogen) atoms. The summed E-state index contributed by atoms with van der Waals surface area (Å²) < 4.78 is 46.5. The summed E-state index contributed by atoms with van der Waals surface area (Å²) in [5.74, 6) is -2.10. The van der Waals surface area contributed by atoms with Crippen molar-refractivity contribution >= 4 is 23.5 Å². The number of aromatic nitrogens is 5. The highest BCUT2D eigenvalue weighted by Crippen LogP contribution is 2.28. The lowest BCUT2D eigenvalue weighted by atomic mass is 10.3. The number of halogens is 3. The molecule has 14 heteroatoms. The summed E-state index contributed by atoms with van der Waals surface area (Å²) in [4.78, 5) is 37.5. The van der Waals surface area contributed by atoms with Crippen molar-refractivity contribution in [3.63, 3.8) is 0 Å². The van der Waals surface area contributed by atoms with E-state index >= 15 is 0 Å². The van der Waals surface area contributed by atoms with Crippen LogP contribution in [0.25, 0.3) is 11.6 Å². The molecule has 0 bridgehead atoms. The van der Waals surface area contributed by atoms with Gasteiger partial charge in [0, 0.05) is 18.7 Å². The number of ether oxygens (including phenoxy) is 1. The summed E-state index contributed by atoms with van der Waals surface area (Å²) in [5.41, 5.74) is 0.700. The van der Waals surface area contributed by atoms with Crippen LogP contribution in [0, 0.1) is 0 Å². The van der Waals surface area contributed by atoms with Gasteiger partial charge < -0.3 is 14.6 Å². The van der Waals surface area contributed by atoms with Gasteiger partial charge in [-0.3, -0.25) is 10.1 Å². The number of nitrogens with zero attached hydrogens (tertiary/aromatic N) is 5. The van der Waals surface area contributed by atoms with Crippen molar-refractivity contribution in [1.82, 2.24) is 25.1 Å². The van der Waals surface area contributed by atoms with Crippen LogP contribution in [0.2, 0.25) is 0 Å². The van der Waals surface area contributed by atoms with Crippen LogP contribution in [-0.4, -0.2) is 37.1 Å². The lowest BCUT2D eigenvalue weighted by molar-refractivity contribution is -0.159. The fourth-order valence-corrected chi connectivity index (χ4v) is 2.00. The van der Waals surface area contributed by atoms with Crippen molar-refractivity contribution in [1.29, 1.82) is 0 Å². The quantitative estimate of drug-likeness (QED) is 0.632. The lowest BCUT2D eigenvalue weighted by Crippen LogP contribution is -2.14. The molecule has 0 spiro atoms. The lowest BCUT2D eigenvalue weighted by Gasteiger charge is -2.07. The van der Waals surface area contributed by atoms with E-state index in [1.54, 1.807) is 12.1 Å². The minimum absolute atomic E-state index is 0.0960. The first kappa shape index (κ1) is 20.6. The number of pyridine rings is 1. The average Bonchev–Trinajstić information content (AvgIpc) is 3.18. The van der Waals surface area contributed by atoms with Crippen molar-refractivity contribution in [2.24, 2.45) is 0 Å². The van der Waals surface area contributed by atoms with Gasteiger partial charge in [0.05, 0.1) is 18.1 Å². The van der Waals surface area contributed by atoms with Crippen LogP contribution >= 0.6 is 0 Å². The highest BCUT2D eigenvalue weighted by Gasteiger charge is 2.38. The molecule has 0 aromatic carbocycles. The number of rotatable bonds is 5. The summed E-state index contributed by atoms with van der Waals surface area (Å²) >= 11 is 0. The SMILES string of the molecule is CC(=O)Nc1ccc(COC(=O)Nc2cnc(-c3noc(C(F)(F)F)n3)nc2)cn1. The van der Waals surface area contributed by atoms with E-state index in [-0.39, 0.29) is 24.0 Å². The first-order valence-corrected chi connectivity index (χ1v) is 8.10. The van der Waals surface area contributed by atoms with Crippen molar-refractivity contribution in [2.45, 2.75) is 19.7 Å². The number of hydrogen-bond acceptors (Lipinski definition) is 9. The van der Waals surface area contributed by atoms with Gasteiger partial charge in [-0.05, 0) is 6.07 Å². The Kier molecular flexibility index (Phi) is 5.85. The first-order valence-electron chi connectivity index (χ1n) is 8.10. The summed E-state index contributed by atoms with van der Waals surface area (Å²) in [5, 5.41) is 8.01. The molecule has 0 saturated carbocycles. The summed E-state index contributed by atoms with van der Waals surface area (Å²) in [6.45, 7) is 1.25. The maximum atomic E-state index is 12.5. The molecule has 0 fully saturated rings. The van der Waals surface area contributed by atoms with Crippen LogP contribution in [0.5, 0.6) is 0 Å². The summed E-state index contributed by atoms with van der Waals surface area (Å²) in [6, 6.07) is 3.16. The number of alkyl halides is 3. The van der Waals surface area contributed by atoms with Gasteiger partial charge in [0.1, 0.15) is 12.4 Å². The van der Waals surface area contributed by atoms with Crippen LogP contribution in [0.15, 0.2) is 35.2 Å². The second-order valence-electron chi connectivity index (χ2n) is 5.65. The Labute approximate surface area is 165 Å². The Hall–Kier alpha value is -4.10. The minimum Gasteiger partial charge on any atom is -0.444 e. The standard InChI is InChI=1S/C16H12F3N7O4/c1-8(27)23-11-3-2-9(4-20-11)7-29-15(28)24-10-5-21-12(22-6-10)13-25-14(30-26-13)16(17,18)19/h2-6H,7H2,1H3,(H,24,28)(H,20,23,27). The largest absolute Gasteiger partial charge is 0.471 e. The van der Waals surface area contributed by atoms with E-state index in [4.69, 9.17) is 4.74 Å². The van der Waals surface area contributed by atoms with Crippen LogP contribution in [0.3, 0.4) is 0 Å². The van der Waals surface area contributed by atoms with Gasteiger partial charge in [0.25, 0.3) is 0 Å². The zero-order chi connectivity index (χ0) is 21.7. The van der Waals surface area contributed by atoms with Gasteiger partial charge in [-0.1, -0.05) is 11.2 Å². The van der Waals surface area contributed by atoms with E-state index in [1.165, 1.54) is 13.1 Å². The topological polar surface area (TPSA) is 145 Å². The molecular weight excluding hydrogens is 411 g/mol. The zero-order valence-electron chi connectivity index (χ0n) is 15.1. The van der Waals surface area contributed by atoms with Crippen molar-refractivity contribution in [3.8, 4) is 11.6 Å². The van der Waals surface area contributed by atoms with E-state index in [9.17, 15) is 22.8 Å². The van der Waals surface area contributed by atoms with Crippen LogP contribution in [-0.2, 0) is 22.3 Å². The average molecular weight is 423 g/mol. The number of carbonyl (C=O) groups excluding carboxylic acids is 2. The van der Waals surface area contributed by atoms with Gasteiger partial charge >= 0.3 is 18.2 Å². The van der Waals surface area contributed by atoms with Crippen LogP contribution in [0.1, 0.15) is 18.4 Å². The molecule has 0 saturated heterocycles. The van der Waals surface area contributed by atoms with E-state index in [2.05, 4.69) is 40.2 Å². The predicted molar refractivity (Wildman–Crippen MR) is 92.7 cm³/mol. The van der Waals surface area contributed by atoms with E-state index in [1.807, 2.05) is 0 Å². The van der Waals surface area contributed by atoms with Crippen molar-refractivity contribution in [2.75, 3.05) is 10.6 Å². The Balaban J connectivity index is 1.53. The molecule has 0 radical (unpaired) electrons. The number of nitrogens with one attached hydrogen (secondary N) is 2. The molecule has 0 unspecified atom stereocenters. The third-order valence-corrected chi connectivity index (χ3v) is 3.27. The molecule has 2 amide bonds. The van der Waals surface area contributed by atoms with Gasteiger partial charge in [0.2, 0.25) is 17.6 Å². The number of anilines is 2. The molecule has 0 aliphatic carbocycles. The van der Waals surface area contributed by atoms with Crippen molar-refractivity contribution < 1.29 is 32.0 Å². The van der Waals surface area contributed by atoms with Gasteiger partial charge in [-0.25, -0.2) is 19.7 Å². The Morgan fingerprint density at radius 3 is 2.37 bits per heavy atom. The number of carbonyl (C=O) groups is 2. The fraction of sp³-hybridized carbons (Fsp3) is 0.188. The maximum absolute atomic E-state index is 12.5. The van der Waals surface area contributed by atoms with Gasteiger partial charge in [-0.15, -0.1) is 0 Å². The normalized spacial score (nSPS) is 11.1. The summed E-state index contributed by atoms with van der Waals surface area (Å²) in [7, 11) is 0. The Morgan fingerprint density at radius 1 is 1.07 bits per heavy atom. The molecule has 3 rings (SSSR count). The highest BCUT2D eigenvalue weighted by molar-refractivity contribution is 5.87. The minimum atomic E-state index is -4.78. The predicted octanol–water partition coefficient (Wildman–Crippen LogP) is 2.65. The monoisotopic (exact) mass is 423 g/mol. The van der Waals surface area contributed by atoms with Gasteiger partial charge in [-0.2, -0.15) is 18.2 Å². The fourth-order valence-electron chi connectivity index (χ4n) is 2.00. The maximum Gasteiger partial charge on any atom is 0.471 e. The molecular formula is C16H12F3N7O4. The number of hydrogen-bond donors (Lipinski definition) is 2. The third kappa shape index (κ3) is 5.46. The molecule has 156 valence electrons. The summed E-state index contributed by atoms with van der Waals surface area (Å²) in [6.07, 6.45) is -1.91. The molecule has 3 aromatic rings. The van der Waals surface area contributed by atoms with Crippen LogP contribution in [0.4, 0.5) is 29.5 Å². The van der Waals surface area contributed by atoms with Crippen molar-refractivity contribution in [3.05, 3.63) is 42.2 Å². The highest BCUT2D eigenvalue weighted by atomic mass is 19.4. The van der Waals surface area contributed by atoms with Crippen LogP contribution < -0.4 is 10.6 Å². The second-order valence-corrected chi connectivity index (χ2v) is 5.65. The zero-order valence-corrected chi connectivity index (χ0v) is 15.1. The Morgan fingerprint density at radius 2 is 1.80 bits per heavy atom. The smallest absolute Gasteiger partial charge is 0.444 e. The van der Waals surface area contributed by atoms with E-state index in [0.29, 0.717) is 11.4 Å². The molecule has 3 aromatic heterocycles. The molecule has 11 nitrogen and oxygen atoms in total. The van der Waals surface area contributed by atoms with E-state index < -0.39 is 24.0 Å². The molecule has 0 atom stereocenters. The first-order chi connectivity index (χ1) is 14.2. The second kappa shape index (κ2) is 8.50. The molecule has 3 heterocycles. The Bertz CT molecular complexity index is 1040. The number of amides is 2. The van der Waals surface area contributed by atoms with Gasteiger partial charge in [0.15, 0.2) is 0 Å². The third-order valence-electron chi connectivity index (χ3n) is 3.27. The molecule has 0 aliphatic heterocycles. The molecule has 2 N–H and O–H groups in total.